The van der Waals surface area contributed by atoms with E-state index in [1.807, 2.05) is 0 Å². The van der Waals surface area contributed by atoms with E-state index in [0.29, 0.717) is 0 Å². The van der Waals surface area contributed by atoms with Crippen LogP contribution < -0.4 is 5.32 Å². The average molecular weight is 238 g/mol. The Balaban J connectivity index is 1.88. The molecule has 0 unspecified atom stereocenters. The molecule has 0 bridgehead atoms. The molecule has 0 saturated heterocycles. The number of H-pyrrole nitrogens is 1. The first-order valence-corrected chi connectivity index (χ1v) is 6.11. The Hall–Kier alpha value is -1.34. The third-order valence-electron chi connectivity index (χ3n) is 2.04. The highest BCUT2D eigenvalue weighted by Crippen LogP contribution is 2.20. The number of hydrogen-bond acceptors (Lipinski definition) is 6. The smallest absolute Gasteiger partial charge is 0.169 e. The van der Waals surface area contributed by atoms with Crippen molar-refractivity contribution in [3.05, 3.63) is 11.2 Å². The molecular formula is C9H14N6S. The van der Waals surface area contributed by atoms with Gasteiger partial charge in [0.25, 0.3) is 0 Å². The summed E-state index contributed by atoms with van der Waals surface area (Å²) in [6.07, 6.45) is 3.72. The van der Waals surface area contributed by atoms with Gasteiger partial charge in [-0.2, -0.15) is 15.4 Å². The van der Waals surface area contributed by atoms with Crippen molar-refractivity contribution in [1.29, 1.82) is 0 Å². The zero-order valence-corrected chi connectivity index (χ0v) is 9.92. The summed E-state index contributed by atoms with van der Waals surface area (Å²) in [5.74, 6) is 0. The van der Waals surface area contributed by atoms with Gasteiger partial charge in [0.05, 0.1) is 6.20 Å². The monoisotopic (exact) mass is 238 g/mol. The quantitative estimate of drug-likeness (QED) is 0.730. The Morgan fingerprint density at radius 2 is 2.31 bits per heavy atom. The van der Waals surface area contributed by atoms with Crippen LogP contribution in [0, 0.1) is 0 Å². The fourth-order valence-corrected chi connectivity index (χ4v) is 2.05. The molecule has 0 saturated carbocycles. The lowest BCUT2D eigenvalue weighted by Crippen LogP contribution is -2.17. The molecule has 0 aliphatic carbocycles. The minimum atomic E-state index is 0.755. The highest BCUT2D eigenvalue weighted by molar-refractivity contribution is 7.14. The van der Waals surface area contributed by atoms with Crippen LogP contribution in [0.25, 0.3) is 10.7 Å². The first-order chi connectivity index (χ1) is 7.90. The van der Waals surface area contributed by atoms with Gasteiger partial charge in [-0.15, -0.1) is 10.2 Å². The summed E-state index contributed by atoms with van der Waals surface area (Å²) in [7, 11) is 0. The zero-order chi connectivity index (χ0) is 11.2. The van der Waals surface area contributed by atoms with Gasteiger partial charge in [0.15, 0.2) is 5.01 Å². The van der Waals surface area contributed by atoms with Gasteiger partial charge >= 0.3 is 0 Å². The zero-order valence-electron chi connectivity index (χ0n) is 9.10. The van der Waals surface area contributed by atoms with Gasteiger partial charge in [0.1, 0.15) is 10.7 Å². The van der Waals surface area contributed by atoms with Crippen LogP contribution in [0.15, 0.2) is 6.20 Å². The molecule has 0 spiro atoms. The molecule has 0 aliphatic heterocycles. The third-order valence-corrected chi connectivity index (χ3v) is 3.05. The predicted octanol–water partition coefficient (Wildman–Crippen LogP) is 0.865. The molecule has 2 heterocycles. The highest BCUT2D eigenvalue weighted by atomic mass is 32.1. The summed E-state index contributed by atoms with van der Waals surface area (Å²) in [4.78, 5) is 0. The van der Waals surface area contributed by atoms with E-state index in [0.717, 1.165) is 41.6 Å². The van der Waals surface area contributed by atoms with Crippen LogP contribution in [-0.2, 0) is 6.42 Å². The molecule has 0 atom stereocenters. The minimum Gasteiger partial charge on any atom is -0.316 e. The Morgan fingerprint density at radius 3 is 3.06 bits per heavy atom. The maximum absolute atomic E-state index is 4.12. The highest BCUT2D eigenvalue weighted by Gasteiger charge is 2.08. The van der Waals surface area contributed by atoms with Gasteiger partial charge in [0.2, 0.25) is 0 Å². The Morgan fingerprint density at radius 1 is 1.38 bits per heavy atom. The Kier molecular flexibility index (Phi) is 3.95. The van der Waals surface area contributed by atoms with Crippen LogP contribution in [0.5, 0.6) is 0 Å². The van der Waals surface area contributed by atoms with Crippen LogP contribution >= 0.6 is 11.3 Å². The topological polar surface area (TPSA) is 79.4 Å². The van der Waals surface area contributed by atoms with Gasteiger partial charge < -0.3 is 5.32 Å². The van der Waals surface area contributed by atoms with E-state index in [1.165, 1.54) is 0 Å². The predicted molar refractivity (Wildman–Crippen MR) is 62.2 cm³/mol. The lowest BCUT2D eigenvalue weighted by atomic mass is 10.4. The molecule has 7 heteroatoms. The van der Waals surface area contributed by atoms with E-state index < -0.39 is 0 Å². The van der Waals surface area contributed by atoms with Gasteiger partial charge in [-0.05, 0) is 13.0 Å². The molecule has 0 aromatic carbocycles. The van der Waals surface area contributed by atoms with E-state index in [9.17, 15) is 0 Å². The van der Waals surface area contributed by atoms with Crippen molar-refractivity contribution in [2.24, 2.45) is 0 Å². The molecule has 16 heavy (non-hydrogen) atoms. The lowest BCUT2D eigenvalue weighted by Gasteiger charge is -1.98. The van der Waals surface area contributed by atoms with Crippen molar-refractivity contribution in [1.82, 2.24) is 30.9 Å². The van der Waals surface area contributed by atoms with E-state index >= 15 is 0 Å². The lowest BCUT2D eigenvalue weighted by molar-refractivity contribution is 0.668. The molecule has 2 N–H and O–H groups in total. The number of nitrogens with one attached hydrogen (secondary N) is 2. The minimum absolute atomic E-state index is 0.755. The largest absolute Gasteiger partial charge is 0.316 e. The van der Waals surface area contributed by atoms with Crippen LogP contribution in [-0.4, -0.2) is 38.7 Å². The first kappa shape index (κ1) is 11.2. The van der Waals surface area contributed by atoms with Crippen molar-refractivity contribution in [2.45, 2.75) is 19.8 Å². The molecule has 2 rings (SSSR count). The van der Waals surface area contributed by atoms with E-state index in [4.69, 9.17) is 0 Å². The van der Waals surface area contributed by atoms with Gasteiger partial charge in [-0.3, -0.25) is 0 Å². The number of nitrogens with zero attached hydrogens (tertiary/aromatic N) is 4. The van der Waals surface area contributed by atoms with Crippen molar-refractivity contribution in [2.75, 3.05) is 13.1 Å². The second-order valence-electron chi connectivity index (χ2n) is 3.36. The van der Waals surface area contributed by atoms with Crippen LogP contribution in [0.3, 0.4) is 0 Å². The Labute approximate surface area is 97.5 Å². The number of rotatable bonds is 6. The maximum atomic E-state index is 4.12. The molecule has 0 amide bonds. The Bertz CT molecular complexity index is 409. The summed E-state index contributed by atoms with van der Waals surface area (Å²) >= 11 is 1.56. The molecule has 0 aliphatic rings. The van der Waals surface area contributed by atoms with Gasteiger partial charge in [-0.25, -0.2) is 0 Å². The van der Waals surface area contributed by atoms with Gasteiger partial charge in [0, 0.05) is 13.0 Å². The fourth-order valence-electron chi connectivity index (χ4n) is 1.26. The summed E-state index contributed by atoms with van der Waals surface area (Å²) in [6.45, 7) is 4.15. The van der Waals surface area contributed by atoms with Crippen LogP contribution in [0.1, 0.15) is 18.4 Å². The average Bonchev–Trinajstić information content (AvgIpc) is 2.94. The first-order valence-electron chi connectivity index (χ1n) is 5.29. The molecule has 2 aromatic rings. The van der Waals surface area contributed by atoms with E-state index in [-0.39, 0.29) is 0 Å². The molecule has 86 valence electrons. The second-order valence-corrected chi connectivity index (χ2v) is 4.42. The molecular weight excluding hydrogens is 224 g/mol. The summed E-state index contributed by atoms with van der Waals surface area (Å²) < 4.78 is 0. The van der Waals surface area contributed by atoms with Crippen molar-refractivity contribution in [3.63, 3.8) is 0 Å². The summed E-state index contributed by atoms with van der Waals surface area (Å²) in [6, 6.07) is 0. The molecule has 0 radical (unpaired) electrons. The normalized spacial score (nSPS) is 10.8. The fraction of sp³-hybridized carbons (Fsp3) is 0.556. The van der Waals surface area contributed by atoms with Crippen LogP contribution in [0.2, 0.25) is 0 Å². The SMILES string of the molecule is CCCNCCc1nnc(-c2cn[nH]n2)s1. The van der Waals surface area contributed by atoms with E-state index in [2.05, 4.69) is 37.8 Å². The summed E-state index contributed by atoms with van der Waals surface area (Å²) in [5, 5.41) is 23.6. The number of aromatic amines is 1. The maximum Gasteiger partial charge on any atom is 0.169 e. The molecule has 6 nitrogen and oxygen atoms in total. The standard InChI is InChI=1S/C9H14N6S/c1-2-4-10-5-3-8-13-14-9(16-8)7-6-11-15-12-7/h6,10H,2-5H2,1H3,(H,11,12,15). The van der Waals surface area contributed by atoms with Crippen molar-refractivity contribution < 1.29 is 0 Å². The molecule has 0 fully saturated rings. The van der Waals surface area contributed by atoms with Gasteiger partial charge in [-0.1, -0.05) is 18.3 Å². The van der Waals surface area contributed by atoms with Crippen molar-refractivity contribution in [3.8, 4) is 10.7 Å². The number of hydrogen-bond donors (Lipinski definition) is 2. The second kappa shape index (κ2) is 5.66. The van der Waals surface area contributed by atoms with E-state index in [1.54, 1.807) is 17.5 Å². The van der Waals surface area contributed by atoms with Crippen LogP contribution in [0.4, 0.5) is 0 Å². The molecule has 2 aromatic heterocycles. The number of aromatic nitrogens is 5. The summed E-state index contributed by atoms with van der Waals surface area (Å²) in [5.41, 5.74) is 0.755. The third kappa shape index (κ3) is 2.83. The van der Waals surface area contributed by atoms with Crippen molar-refractivity contribution >= 4 is 11.3 Å².